The van der Waals surface area contributed by atoms with Gasteiger partial charge in [-0.25, -0.2) is 0 Å². The summed E-state index contributed by atoms with van der Waals surface area (Å²) >= 11 is 0. The lowest BCUT2D eigenvalue weighted by atomic mass is 10.1. The number of guanidine groups is 1. The van der Waals surface area contributed by atoms with Gasteiger partial charge in [0.2, 0.25) is 0 Å². The zero-order chi connectivity index (χ0) is 18.8. The fourth-order valence-electron chi connectivity index (χ4n) is 2.76. The van der Waals surface area contributed by atoms with Gasteiger partial charge in [-0.2, -0.15) is 0 Å². The van der Waals surface area contributed by atoms with Crippen molar-refractivity contribution >= 4 is 29.9 Å². The zero-order valence-electron chi connectivity index (χ0n) is 17.0. The fraction of sp³-hybridized carbons (Fsp3) is 0.650. The molecule has 1 saturated carbocycles. The maximum absolute atomic E-state index is 5.70. The van der Waals surface area contributed by atoms with Gasteiger partial charge in [-0.15, -0.1) is 24.0 Å². The van der Waals surface area contributed by atoms with Gasteiger partial charge >= 0.3 is 0 Å². The molecule has 1 aliphatic rings. The quantitative estimate of drug-likeness (QED) is 0.223. The van der Waals surface area contributed by atoms with Crippen LogP contribution >= 0.6 is 24.0 Å². The molecule has 0 unspecified atom stereocenters. The molecule has 0 spiro atoms. The Hall–Kier alpha value is -1.22. The van der Waals surface area contributed by atoms with Crippen molar-refractivity contribution < 1.29 is 14.2 Å². The van der Waals surface area contributed by atoms with Crippen LogP contribution in [0.3, 0.4) is 0 Å². The lowest BCUT2D eigenvalue weighted by molar-refractivity contribution is 0.115. The fourth-order valence-corrected chi connectivity index (χ4v) is 2.76. The van der Waals surface area contributed by atoms with E-state index in [1.807, 2.05) is 26.2 Å². The van der Waals surface area contributed by atoms with E-state index in [4.69, 9.17) is 14.2 Å². The van der Waals surface area contributed by atoms with Crippen LogP contribution in [-0.4, -0.2) is 65.5 Å². The molecular formula is C20H34IN3O3. The largest absolute Gasteiger partial charge is 0.493 e. The third-order valence-corrected chi connectivity index (χ3v) is 4.57. The number of likely N-dealkylation sites (N-methyl/N-ethyl adjacent to an activating group) is 1. The predicted octanol–water partition coefficient (Wildman–Crippen LogP) is 3.19. The summed E-state index contributed by atoms with van der Waals surface area (Å²) in [5.74, 6) is 3.27. The average molecular weight is 491 g/mol. The first-order valence-electron chi connectivity index (χ1n) is 9.38. The van der Waals surface area contributed by atoms with Crippen molar-refractivity contribution in [2.45, 2.75) is 25.7 Å². The van der Waals surface area contributed by atoms with Gasteiger partial charge < -0.3 is 24.4 Å². The molecule has 27 heavy (non-hydrogen) atoms. The minimum atomic E-state index is 0. The molecule has 0 aromatic heterocycles. The molecule has 2 rings (SSSR count). The van der Waals surface area contributed by atoms with Crippen LogP contribution in [0.4, 0.5) is 0 Å². The Kier molecular flexibility index (Phi) is 11.5. The van der Waals surface area contributed by atoms with Crippen molar-refractivity contribution in [2.75, 3.05) is 54.6 Å². The minimum absolute atomic E-state index is 0. The molecular weight excluding hydrogens is 457 g/mol. The number of methoxy groups -OCH3 is 2. The Labute approximate surface area is 180 Å². The molecule has 6 nitrogen and oxygen atoms in total. The summed E-state index contributed by atoms with van der Waals surface area (Å²) in [5, 5.41) is 3.42. The number of halogens is 1. The van der Waals surface area contributed by atoms with E-state index in [1.54, 1.807) is 14.2 Å². The summed E-state index contributed by atoms with van der Waals surface area (Å²) in [6.45, 7) is 3.38. The second-order valence-electron chi connectivity index (χ2n) is 6.71. The summed E-state index contributed by atoms with van der Waals surface area (Å²) in [5.41, 5.74) is 1.24. The lowest BCUT2D eigenvalue weighted by Gasteiger charge is -2.22. The van der Waals surface area contributed by atoms with Crippen LogP contribution < -0.4 is 14.8 Å². The summed E-state index contributed by atoms with van der Waals surface area (Å²) < 4.78 is 16.3. The van der Waals surface area contributed by atoms with E-state index in [0.29, 0.717) is 0 Å². The van der Waals surface area contributed by atoms with Crippen molar-refractivity contribution in [3.63, 3.8) is 0 Å². The Balaban J connectivity index is 0.00000364. The molecule has 1 aromatic carbocycles. The number of hydrogen-bond acceptors (Lipinski definition) is 4. The van der Waals surface area contributed by atoms with Gasteiger partial charge in [-0.3, -0.25) is 4.99 Å². The van der Waals surface area contributed by atoms with Crippen LogP contribution in [0.5, 0.6) is 11.5 Å². The van der Waals surface area contributed by atoms with Gasteiger partial charge in [0.05, 0.1) is 20.8 Å². The smallest absolute Gasteiger partial charge is 0.193 e. The standard InChI is InChI=1S/C20H33N3O3.HI/c1-21-20(23(2)12-13-26-15-17-7-8-17)22-11-5-6-16-9-10-18(24-3)19(14-16)25-4;/h9-10,14,17H,5-8,11-13,15H2,1-4H3,(H,21,22);1H. The molecule has 0 heterocycles. The van der Waals surface area contributed by atoms with E-state index in [2.05, 4.69) is 21.3 Å². The van der Waals surface area contributed by atoms with Gasteiger partial charge in [0.15, 0.2) is 17.5 Å². The van der Waals surface area contributed by atoms with E-state index in [-0.39, 0.29) is 24.0 Å². The molecule has 1 aromatic rings. The molecule has 0 radical (unpaired) electrons. The van der Waals surface area contributed by atoms with Crippen LogP contribution in [0.25, 0.3) is 0 Å². The van der Waals surface area contributed by atoms with Crippen molar-refractivity contribution in [2.24, 2.45) is 10.9 Å². The van der Waals surface area contributed by atoms with E-state index in [0.717, 1.165) is 62.5 Å². The molecule has 0 aliphatic heterocycles. The molecule has 0 atom stereocenters. The molecule has 7 heteroatoms. The van der Waals surface area contributed by atoms with Crippen molar-refractivity contribution in [1.82, 2.24) is 10.2 Å². The predicted molar refractivity (Wildman–Crippen MR) is 121 cm³/mol. The Morgan fingerprint density at radius 2 is 1.96 bits per heavy atom. The van der Waals surface area contributed by atoms with Crippen molar-refractivity contribution in [3.05, 3.63) is 23.8 Å². The second kappa shape index (κ2) is 13.0. The number of benzene rings is 1. The third kappa shape index (κ3) is 8.55. The lowest BCUT2D eigenvalue weighted by Crippen LogP contribution is -2.41. The van der Waals surface area contributed by atoms with E-state index < -0.39 is 0 Å². The average Bonchev–Trinajstić information content (AvgIpc) is 3.49. The van der Waals surface area contributed by atoms with Crippen LogP contribution in [0, 0.1) is 5.92 Å². The SMILES string of the molecule is CN=C(NCCCc1ccc(OC)c(OC)c1)N(C)CCOCC1CC1.I. The summed E-state index contributed by atoms with van der Waals surface area (Å²) in [7, 11) is 7.18. The van der Waals surface area contributed by atoms with Crippen LogP contribution in [-0.2, 0) is 11.2 Å². The number of nitrogens with one attached hydrogen (secondary N) is 1. The molecule has 0 saturated heterocycles. The highest BCUT2D eigenvalue weighted by Crippen LogP contribution is 2.29. The Morgan fingerprint density at radius 3 is 2.59 bits per heavy atom. The normalized spacial score (nSPS) is 13.7. The maximum Gasteiger partial charge on any atom is 0.193 e. The first-order valence-corrected chi connectivity index (χ1v) is 9.38. The molecule has 1 N–H and O–H groups in total. The molecule has 0 amide bonds. The molecule has 0 bridgehead atoms. The number of nitrogens with zero attached hydrogens (tertiary/aromatic N) is 2. The summed E-state index contributed by atoms with van der Waals surface area (Å²) in [6, 6.07) is 6.08. The van der Waals surface area contributed by atoms with Gasteiger partial charge in [0, 0.05) is 33.8 Å². The topological polar surface area (TPSA) is 55.3 Å². The van der Waals surface area contributed by atoms with E-state index >= 15 is 0 Å². The van der Waals surface area contributed by atoms with Crippen molar-refractivity contribution in [3.8, 4) is 11.5 Å². The number of aliphatic imine (C=N–C) groups is 1. The number of ether oxygens (including phenoxy) is 3. The highest BCUT2D eigenvalue weighted by Gasteiger charge is 2.21. The van der Waals surface area contributed by atoms with Gasteiger partial charge in [0.1, 0.15) is 0 Å². The van der Waals surface area contributed by atoms with Gasteiger partial charge in [-0.05, 0) is 49.3 Å². The summed E-state index contributed by atoms with van der Waals surface area (Å²) in [4.78, 5) is 6.46. The van der Waals surface area contributed by atoms with Crippen LogP contribution in [0.1, 0.15) is 24.8 Å². The van der Waals surface area contributed by atoms with Crippen LogP contribution in [0.2, 0.25) is 0 Å². The summed E-state index contributed by atoms with van der Waals surface area (Å²) in [6.07, 6.45) is 4.65. The number of hydrogen-bond donors (Lipinski definition) is 1. The second-order valence-corrected chi connectivity index (χ2v) is 6.71. The highest BCUT2D eigenvalue weighted by molar-refractivity contribution is 14.0. The number of aryl methyl sites for hydroxylation is 1. The molecule has 154 valence electrons. The van der Waals surface area contributed by atoms with Gasteiger partial charge in [0.25, 0.3) is 0 Å². The first kappa shape index (κ1) is 23.8. The Morgan fingerprint density at radius 1 is 1.22 bits per heavy atom. The number of rotatable bonds is 11. The van der Waals surface area contributed by atoms with Gasteiger partial charge in [-0.1, -0.05) is 6.07 Å². The first-order chi connectivity index (χ1) is 12.7. The Bertz CT molecular complexity index is 580. The van der Waals surface area contributed by atoms with Crippen LogP contribution in [0.15, 0.2) is 23.2 Å². The molecule has 1 fully saturated rings. The minimum Gasteiger partial charge on any atom is -0.493 e. The van der Waals surface area contributed by atoms with E-state index in [1.165, 1.54) is 18.4 Å². The van der Waals surface area contributed by atoms with Crippen molar-refractivity contribution in [1.29, 1.82) is 0 Å². The highest BCUT2D eigenvalue weighted by atomic mass is 127. The zero-order valence-corrected chi connectivity index (χ0v) is 19.3. The van der Waals surface area contributed by atoms with E-state index in [9.17, 15) is 0 Å². The maximum atomic E-state index is 5.70. The third-order valence-electron chi connectivity index (χ3n) is 4.57. The monoisotopic (exact) mass is 491 g/mol. The molecule has 1 aliphatic carbocycles.